The molecule has 2 rings (SSSR count). The summed E-state index contributed by atoms with van der Waals surface area (Å²) >= 11 is 0. The van der Waals surface area contributed by atoms with Gasteiger partial charge < -0.3 is 5.32 Å². The highest BCUT2D eigenvalue weighted by molar-refractivity contribution is 7.89. The van der Waals surface area contributed by atoms with Gasteiger partial charge in [-0.25, -0.2) is 13.1 Å². The van der Waals surface area contributed by atoms with Gasteiger partial charge in [-0.1, -0.05) is 20.3 Å². The molecular formula is C14H26N4O2S. The first-order valence-electron chi connectivity index (χ1n) is 7.78. The summed E-state index contributed by atoms with van der Waals surface area (Å²) in [6.07, 6.45) is 7.11. The maximum atomic E-state index is 12.3. The van der Waals surface area contributed by atoms with E-state index in [4.69, 9.17) is 0 Å². The van der Waals surface area contributed by atoms with Crippen molar-refractivity contribution in [1.82, 2.24) is 19.8 Å². The van der Waals surface area contributed by atoms with E-state index in [2.05, 4.69) is 29.0 Å². The Morgan fingerprint density at radius 3 is 2.90 bits per heavy atom. The zero-order valence-corrected chi connectivity index (χ0v) is 13.7. The lowest BCUT2D eigenvalue weighted by molar-refractivity contribution is 0.476. The largest absolute Gasteiger partial charge is 0.317 e. The van der Waals surface area contributed by atoms with Crippen LogP contribution in [0, 0.1) is 5.92 Å². The Morgan fingerprint density at radius 1 is 1.43 bits per heavy atom. The van der Waals surface area contributed by atoms with Gasteiger partial charge in [0.25, 0.3) is 0 Å². The molecular weight excluding hydrogens is 288 g/mol. The molecule has 1 aliphatic rings. The van der Waals surface area contributed by atoms with Crippen LogP contribution in [0.15, 0.2) is 17.3 Å². The molecule has 0 aliphatic heterocycles. The van der Waals surface area contributed by atoms with Crippen molar-refractivity contribution in [2.45, 2.75) is 57.0 Å². The minimum absolute atomic E-state index is 0.0621. The van der Waals surface area contributed by atoms with Crippen LogP contribution in [0.3, 0.4) is 0 Å². The van der Waals surface area contributed by atoms with Crippen LogP contribution in [0.4, 0.5) is 0 Å². The third-order valence-electron chi connectivity index (χ3n) is 4.08. The van der Waals surface area contributed by atoms with E-state index < -0.39 is 10.0 Å². The predicted molar refractivity (Wildman–Crippen MR) is 82.5 cm³/mol. The van der Waals surface area contributed by atoms with Crippen LogP contribution in [-0.2, 0) is 16.6 Å². The Labute approximate surface area is 127 Å². The molecule has 0 bridgehead atoms. The van der Waals surface area contributed by atoms with E-state index >= 15 is 0 Å². The molecule has 0 spiro atoms. The molecule has 0 aromatic carbocycles. The van der Waals surface area contributed by atoms with E-state index in [-0.39, 0.29) is 10.9 Å². The van der Waals surface area contributed by atoms with E-state index in [1.54, 1.807) is 10.9 Å². The smallest absolute Gasteiger partial charge is 0.243 e. The lowest BCUT2D eigenvalue weighted by Crippen LogP contribution is -2.36. The Morgan fingerprint density at radius 2 is 2.24 bits per heavy atom. The SMILES string of the molecule is CCNCCCn1cc(S(=O)(=O)NC2CCCC2C)cn1. The monoisotopic (exact) mass is 314 g/mol. The third kappa shape index (κ3) is 4.52. The van der Waals surface area contributed by atoms with Crippen molar-refractivity contribution in [1.29, 1.82) is 0 Å². The second kappa shape index (κ2) is 7.38. The molecule has 1 aromatic rings. The highest BCUT2D eigenvalue weighted by atomic mass is 32.2. The van der Waals surface area contributed by atoms with E-state index in [9.17, 15) is 8.42 Å². The van der Waals surface area contributed by atoms with Crippen molar-refractivity contribution in [3.8, 4) is 0 Å². The lowest BCUT2D eigenvalue weighted by Gasteiger charge is -2.16. The van der Waals surface area contributed by atoms with E-state index in [1.165, 1.54) is 6.20 Å². The van der Waals surface area contributed by atoms with E-state index in [0.717, 1.165) is 45.3 Å². The molecule has 1 heterocycles. The summed E-state index contributed by atoms with van der Waals surface area (Å²) in [5.74, 6) is 0.412. The van der Waals surface area contributed by atoms with Crippen molar-refractivity contribution in [3.63, 3.8) is 0 Å². The number of nitrogens with zero attached hydrogens (tertiary/aromatic N) is 2. The molecule has 1 aromatic heterocycles. The third-order valence-corrected chi connectivity index (χ3v) is 5.52. The molecule has 1 fully saturated rings. The summed E-state index contributed by atoms with van der Waals surface area (Å²) in [7, 11) is -3.44. The molecule has 6 nitrogen and oxygen atoms in total. The highest BCUT2D eigenvalue weighted by Crippen LogP contribution is 2.26. The van der Waals surface area contributed by atoms with Gasteiger partial charge in [0.1, 0.15) is 4.90 Å². The summed E-state index contributed by atoms with van der Waals surface area (Å²) in [6.45, 7) is 6.75. The van der Waals surface area contributed by atoms with E-state index in [1.807, 2.05) is 0 Å². The Bertz CT molecular complexity index is 541. The van der Waals surface area contributed by atoms with Gasteiger partial charge in [0.05, 0.1) is 6.20 Å². The van der Waals surface area contributed by atoms with Crippen molar-refractivity contribution in [3.05, 3.63) is 12.4 Å². The van der Waals surface area contributed by atoms with Crippen molar-refractivity contribution in [2.75, 3.05) is 13.1 Å². The summed E-state index contributed by atoms with van der Waals surface area (Å²) in [6, 6.07) is 0.0621. The van der Waals surface area contributed by atoms with Gasteiger partial charge in [0.15, 0.2) is 0 Å². The predicted octanol–water partition coefficient (Wildman–Crippen LogP) is 1.35. The number of rotatable bonds is 8. The van der Waals surface area contributed by atoms with Crippen LogP contribution < -0.4 is 10.0 Å². The van der Waals surface area contributed by atoms with Gasteiger partial charge in [0.2, 0.25) is 10.0 Å². The van der Waals surface area contributed by atoms with Crippen LogP contribution >= 0.6 is 0 Å². The average Bonchev–Trinajstić information content (AvgIpc) is 3.05. The first kappa shape index (κ1) is 16.5. The molecule has 2 N–H and O–H groups in total. The van der Waals surface area contributed by atoms with Crippen LogP contribution in [0.1, 0.15) is 39.5 Å². The number of aromatic nitrogens is 2. The highest BCUT2D eigenvalue weighted by Gasteiger charge is 2.28. The molecule has 0 radical (unpaired) electrons. The minimum Gasteiger partial charge on any atom is -0.317 e. The first-order valence-corrected chi connectivity index (χ1v) is 9.26. The van der Waals surface area contributed by atoms with Crippen molar-refractivity contribution in [2.24, 2.45) is 5.92 Å². The Balaban J connectivity index is 1.92. The number of nitrogens with one attached hydrogen (secondary N) is 2. The summed E-state index contributed by atoms with van der Waals surface area (Å²) in [4.78, 5) is 0.269. The van der Waals surface area contributed by atoms with E-state index in [0.29, 0.717) is 5.92 Å². The maximum Gasteiger partial charge on any atom is 0.243 e. The summed E-state index contributed by atoms with van der Waals surface area (Å²) < 4.78 is 29.2. The fourth-order valence-corrected chi connectivity index (χ4v) is 4.07. The van der Waals surface area contributed by atoms with Crippen LogP contribution in [0.5, 0.6) is 0 Å². The first-order chi connectivity index (χ1) is 10.0. The molecule has 21 heavy (non-hydrogen) atoms. The fraction of sp³-hybridized carbons (Fsp3) is 0.786. The molecule has 7 heteroatoms. The lowest BCUT2D eigenvalue weighted by atomic mass is 10.1. The molecule has 2 atom stereocenters. The molecule has 0 amide bonds. The fourth-order valence-electron chi connectivity index (χ4n) is 2.74. The van der Waals surface area contributed by atoms with Gasteiger partial charge in [0, 0.05) is 18.8 Å². The Kier molecular flexibility index (Phi) is 5.78. The van der Waals surface area contributed by atoms with Crippen LogP contribution in [0.25, 0.3) is 0 Å². The standard InChI is InChI=1S/C14H26N4O2S/c1-3-15-8-5-9-18-11-13(10-16-18)21(19,20)17-14-7-4-6-12(14)2/h10-12,14-15,17H,3-9H2,1-2H3. The normalized spacial score (nSPS) is 22.8. The summed E-state index contributed by atoms with van der Waals surface area (Å²) in [5.41, 5.74) is 0. The van der Waals surface area contributed by atoms with Crippen molar-refractivity contribution >= 4 is 10.0 Å². The molecule has 120 valence electrons. The second-order valence-electron chi connectivity index (χ2n) is 5.78. The topological polar surface area (TPSA) is 76.0 Å². The number of sulfonamides is 1. The van der Waals surface area contributed by atoms with Gasteiger partial charge in [-0.3, -0.25) is 4.68 Å². The zero-order valence-electron chi connectivity index (χ0n) is 12.9. The van der Waals surface area contributed by atoms with Crippen LogP contribution in [-0.4, -0.2) is 37.3 Å². The zero-order chi connectivity index (χ0) is 15.3. The van der Waals surface area contributed by atoms with Crippen LogP contribution in [0.2, 0.25) is 0 Å². The Hall–Kier alpha value is -0.920. The molecule has 0 saturated heterocycles. The van der Waals surface area contributed by atoms with Gasteiger partial charge in [-0.15, -0.1) is 0 Å². The summed E-state index contributed by atoms with van der Waals surface area (Å²) in [5, 5.41) is 7.38. The minimum atomic E-state index is -3.44. The molecule has 1 saturated carbocycles. The molecule has 1 aliphatic carbocycles. The quantitative estimate of drug-likeness (QED) is 0.710. The van der Waals surface area contributed by atoms with Gasteiger partial charge in [-0.05, 0) is 38.3 Å². The average molecular weight is 314 g/mol. The van der Waals surface area contributed by atoms with Crippen molar-refractivity contribution < 1.29 is 8.42 Å². The second-order valence-corrected chi connectivity index (χ2v) is 7.50. The number of hydrogen-bond acceptors (Lipinski definition) is 4. The van der Waals surface area contributed by atoms with Gasteiger partial charge in [-0.2, -0.15) is 5.10 Å². The van der Waals surface area contributed by atoms with Gasteiger partial charge >= 0.3 is 0 Å². The number of aryl methyl sites for hydroxylation is 1. The maximum absolute atomic E-state index is 12.3. The number of hydrogen-bond donors (Lipinski definition) is 2. The molecule has 2 unspecified atom stereocenters.